The van der Waals surface area contributed by atoms with Crippen LogP contribution in [0.5, 0.6) is 0 Å². The Kier molecular flexibility index (Phi) is 12.1. The van der Waals surface area contributed by atoms with Crippen LogP contribution in [0.15, 0.2) is 90.5 Å². The van der Waals surface area contributed by atoms with Gasteiger partial charge in [-0.1, -0.05) is 84.4 Å². The molecule has 4 aromatic carbocycles. The van der Waals surface area contributed by atoms with Gasteiger partial charge in [0.2, 0.25) is 0 Å². The fourth-order valence-corrected chi connectivity index (χ4v) is 5.18. The molecule has 0 aliphatic heterocycles. The van der Waals surface area contributed by atoms with Gasteiger partial charge in [0.25, 0.3) is 0 Å². The summed E-state index contributed by atoms with van der Waals surface area (Å²) in [5, 5.41) is 0. The minimum absolute atomic E-state index is 0. The zero-order valence-electron chi connectivity index (χ0n) is 20.3. The second-order valence-electron chi connectivity index (χ2n) is 8.11. The van der Waals surface area contributed by atoms with Crippen LogP contribution >= 0.6 is 24.8 Å². The van der Waals surface area contributed by atoms with E-state index < -0.39 is 0 Å². The molecule has 2 aliphatic rings. The van der Waals surface area contributed by atoms with Gasteiger partial charge >= 0.3 is 30.2 Å². The van der Waals surface area contributed by atoms with Crippen LogP contribution in [-0.2, 0) is 29.8 Å². The Hall–Kier alpha value is -1.70. The molecule has 2 aliphatic carbocycles. The Morgan fingerprint density at radius 2 is 1.43 bits per heavy atom. The SMILES string of the molecule is CC1=Cc2c(-c3ccccc3)cccc2C1c1[c-]ccc2c1Cc1ccccc1-2.Cl.Cl.[CH3-].[CH3-].[Si]=[Zr]. The summed E-state index contributed by atoms with van der Waals surface area (Å²) in [6.07, 6.45) is 3.40. The maximum atomic E-state index is 3.64. The van der Waals surface area contributed by atoms with Crippen molar-refractivity contribution in [1.82, 2.24) is 0 Å². The molecule has 0 N–H and O–H groups in total. The van der Waals surface area contributed by atoms with E-state index in [-0.39, 0.29) is 45.6 Å². The summed E-state index contributed by atoms with van der Waals surface area (Å²) in [5.74, 6) is 0.290. The van der Waals surface area contributed by atoms with E-state index in [4.69, 9.17) is 0 Å². The summed E-state index contributed by atoms with van der Waals surface area (Å²) < 4.78 is 0. The number of rotatable bonds is 2. The predicted molar refractivity (Wildman–Crippen MR) is 154 cm³/mol. The molecule has 0 nitrogen and oxygen atoms in total. The molecule has 4 heteroatoms. The molecule has 4 aromatic rings. The average Bonchev–Trinajstić information content (AvgIpc) is 3.38. The van der Waals surface area contributed by atoms with Gasteiger partial charge in [-0.25, -0.2) is 0 Å². The molecule has 0 spiro atoms. The van der Waals surface area contributed by atoms with Crippen LogP contribution < -0.4 is 0 Å². The van der Waals surface area contributed by atoms with E-state index in [9.17, 15) is 0 Å². The van der Waals surface area contributed by atoms with Crippen LogP contribution in [-0.4, -0.2) is 6.88 Å². The Bertz CT molecular complexity index is 1310. The number of halogens is 2. The van der Waals surface area contributed by atoms with E-state index in [1.54, 1.807) is 0 Å². The topological polar surface area (TPSA) is 0 Å². The van der Waals surface area contributed by atoms with E-state index in [0.29, 0.717) is 0 Å². The van der Waals surface area contributed by atoms with Gasteiger partial charge in [0.1, 0.15) is 0 Å². The van der Waals surface area contributed by atoms with E-state index in [1.165, 1.54) is 79.0 Å². The third-order valence-corrected chi connectivity index (χ3v) is 6.47. The first-order chi connectivity index (χ1) is 15.3. The van der Waals surface area contributed by atoms with Crippen molar-refractivity contribution >= 4 is 37.8 Å². The van der Waals surface area contributed by atoms with Crippen LogP contribution in [0.25, 0.3) is 28.3 Å². The van der Waals surface area contributed by atoms with E-state index >= 15 is 0 Å². The molecule has 0 saturated carbocycles. The van der Waals surface area contributed by atoms with Crippen molar-refractivity contribution in [3.05, 3.63) is 139 Å². The minimum atomic E-state index is 0. The van der Waals surface area contributed by atoms with Crippen molar-refractivity contribution in [2.45, 2.75) is 19.3 Å². The van der Waals surface area contributed by atoms with Gasteiger partial charge in [-0.2, -0.15) is 18.2 Å². The fourth-order valence-electron chi connectivity index (χ4n) is 5.18. The summed E-state index contributed by atoms with van der Waals surface area (Å²) in [6.45, 7) is 5.33. The van der Waals surface area contributed by atoms with Gasteiger partial charge < -0.3 is 14.9 Å². The molecular weight excluding hydrogens is 563 g/mol. The zero-order valence-corrected chi connectivity index (χ0v) is 25.4. The van der Waals surface area contributed by atoms with Crippen molar-refractivity contribution in [1.29, 1.82) is 0 Å². The first kappa shape index (κ1) is 31.3. The molecule has 1 unspecified atom stereocenters. The molecule has 178 valence electrons. The van der Waals surface area contributed by atoms with Gasteiger partial charge in [-0.15, -0.1) is 41.5 Å². The van der Waals surface area contributed by atoms with Crippen LogP contribution in [0.2, 0.25) is 0 Å². The van der Waals surface area contributed by atoms with Crippen molar-refractivity contribution in [2.75, 3.05) is 0 Å². The van der Waals surface area contributed by atoms with Crippen LogP contribution in [0.3, 0.4) is 0 Å². The van der Waals surface area contributed by atoms with Gasteiger partial charge in [0.15, 0.2) is 0 Å². The molecule has 0 fully saturated rings. The Morgan fingerprint density at radius 3 is 2.17 bits per heavy atom. The van der Waals surface area contributed by atoms with Crippen LogP contribution in [0.4, 0.5) is 0 Å². The van der Waals surface area contributed by atoms with Crippen molar-refractivity contribution in [3.63, 3.8) is 0 Å². The summed E-state index contributed by atoms with van der Waals surface area (Å²) in [6, 6.07) is 34.3. The van der Waals surface area contributed by atoms with E-state index in [2.05, 4.69) is 111 Å². The first-order valence-electron chi connectivity index (χ1n) is 10.5. The number of hydrogen-bond donors (Lipinski definition) is 0. The summed E-state index contributed by atoms with van der Waals surface area (Å²) in [7, 11) is 0. The summed E-state index contributed by atoms with van der Waals surface area (Å²) in [5.41, 5.74) is 13.8. The molecular formula is C31H29Cl2SiZr-3. The van der Waals surface area contributed by atoms with Gasteiger partial charge in [-0.05, 0) is 46.7 Å². The van der Waals surface area contributed by atoms with Gasteiger partial charge in [0.05, 0.1) is 0 Å². The molecule has 6 rings (SSSR count). The van der Waals surface area contributed by atoms with E-state index in [1.807, 2.05) is 0 Å². The van der Waals surface area contributed by atoms with Gasteiger partial charge in [-0.3, -0.25) is 0 Å². The number of allylic oxidation sites excluding steroid dienone is 1. The molecule has 0 saturated heterocycles. The summed E-state index contributed by atoms with van der Waals surface area (Å²) >= 11 is 1.36. The fraction of sp³-hybridized carbons (Fsp3) is 0.0968. The van der Waals surface area contributed by atoms with Gasteiger partial charge in [0, 0.05) is 5.92 Å². The third-order valence-electron chi connectivity index (χ3n) is 6.47. The van der Waals surface area contributed by atoms with E-state index in [0.717, 1.165) is 6.42 Å². The zero-order chi connectivity index (χ0) is 21.4. The second kappa shape index (κ2) is 13.6. The molecule has 0 aromatic heterocycles. The standard InChI is InChI=1S/C29H21.2CH3.2ClH.Si.Zr/c1-19-17-27-22(20-9-3-2-4-10-20)13-7-15-25(27)29(19)26-16-8-14-24-23-12-6-5-11-21(23)18-28(24)26;;;;;;/h2-15,17,29H,18H2,1H3;2*1H3;2*1H;;/q3*-1;;;;. The molecule has 2 radical (unpaired) electrons. The number of fused-ring (bicyclic) bond motifs is 4. The Balaban J connectivity index is 0.000000997. The third kappa shape index (κ3) is 5.52. The molecule has 0 heterocycles. The number of benzene rings is 4. The van der Waals surface area contributed by atoms with Crippen molar-refractivity contribution in [3.8, 4) is 22.3 Å². The Labute approximate surface area is 240 Å². The van der Waals surface area contributed by atoms with Crippen LogP contribution in [0, 0.1) is 20.9 Å². The van der Waals surface area contributed by atoms with Crippen molar-refractivity contribution in [2.24, 2.45) is 0 Å². The molecule has 1 atom stereocenters. The summed E-state index contributed by atoms with van der Waals surface area (Å²) in [4.78, 5) is 0. The average molecular weight is 592 g/mol. The molecule has 0 bridgehead atoms. The molecule has 35 heavy (non-hydrogen) atoms. The van der Waals surface area contributed by atoms with Crippen molar-refractivity contribution < 1.29 is 23.3 Å². The second-order valence-corrected chi connectivity index (χ2v) is 8.11. The monoisotopic (exact) mass is 589 g/mol. The van der Waals surface area contributed by atoms with Crippen LogP contribution in [0.1, 0.15) is 40.7 Å². The molecule has 0 amide bonds. The maximum absolute atomic E-state index is 3.64. The predicted octanol–water partition coefficient (Wildman–Crippen LogP) is 8.63. The first-order valence-corrected chi connectivity index (χ1v) is 14.7. The quantitative estimate of drug-likeness (QED) is 0.142. The number of hydrogen-bond acceptors (Lipinski definition) is 0. The Morgan fingerprint density at radius 1 is 0.771 bits per heavy atom. The normalized spacial score (nSPS) is 13.5.